The van der Waals surface area contributed by atoms with Gasteiger partial charge in [0.05, 0.1) is 14.2 Å². The number of benzene rings is 1. The lowest BCUT2D eigenvalue weighted by atomic mass is 10.2. The summed E-state index contributed by atoms with van der Waals surface area (Å²) in [6.07, 6.45) is 0. The second-order valence-corrected chi connectivity index (χ2v) is 3.37. The Bertz CT molecular complexity index is 391. The zero-order chi connectivity index (χ0) is 12.7. The standard InChI is InChI=1S/C12H19N3O2/c1-13-12(14-2)15-8-9-5-6-10(16-3)11(7-9)17-4/h5-7H,8H2,1-4H3,(H2,13,14,15). The summed E-state index contributed by atoms with van der Waals surface area (Å²) in [4.78, 5) is 4.04. The van der Waals surface area contributed by atoms with Crippen molar-refractivity contribution in [1.29, 1.82) is 0 Å². The van der Waals surface area contributed by atoms with E-state index < -0.39 is 0 Å². The molecular formula is C12H19N3O2. The van der Waals surface area contributed by atoms with Gasteiger partial charge in [0, 0.05) is 20.6 Å². The third-order valence-corrected chi connectivity index (χ3v) is 2.37. The summed E-state index contributed by atoms with van der Waals surface area (Å²) >= 11 is 0. The molecule has 0 amide bonds. The molecule has 5 nitrogen and oxygen atoms in total. The van der Waals surface area contributed by atoms with E-state index in [0.29, 0.717) is 6.54 Å². The smallest absolute Gasteiger partial charge is 0.190 e. The van der Waals surface area contributed by atoms with Gasteiger partial charge in [-0.25, -0.2) is 0 Å². The van der Waals surface area contributed by atoms with Gasteiger partial charge in [0.2, 0.25) is 0 Å². The van der Waals surface area contributed by atoms with Crippen LogP contribution in [0.2, 0.25) is 0 Å². The van der Waals surface area contributed by atoms with E-state index in [1.54, 1.807) is 21.3 Å². The minimum absolute atomic E-state index is 0.674. The van der Waals surface area contributed by atoms with Crippen LogP contribution in [-0.4, -0.2) is 34.3 Å². The van der Waals surface area contributed by atoms with E-state index in [4.69, 9.17) is 9.47 Å². The van der Waals surface area contributed by atoms with Gasteiger partial charge in [0.25, 0.3) is 0 Å². The second-order valence-electron chi connectivity index (χ2n) is 3.37. The second kappa shape index (κ2) is 6.62. The highest BCUT2D eigenvalue weighted by atomic mass is 16.5. The van der Waals surface area contributed by atoms with Gasteiger partial charge in [-0.2, -0.15) is 0 Å². The number of rotatable bonds is 4. The molecule has 0 spiro atoms. The normalized spacial score (nSPS) is 10.9. The molecule has 0 saturated heterocycles. The molecule has 0 bridgehead atoms. The summed E-state index contributed by atoms with van der Waals surface area (Å²) in [6.45, 7) is 0.674. The van der Waals surface area contributed by atoms with Crippen LogP contribution in [0.5, 0.6) is 11.5 Å². The van der Waals surface area contributed by atoms with E-state index in [9.17, 15) is 0 Å². The van der Waals surface area contributed by atoms with Crippen molar-refractivity contribution in [2.45, 2.75) is 6.54 Å². The Morgan fingerprint density at radius 3 is 2.47 bits per heavy atom. The Balaban J connectivity index is 2.72. The summed E-state index contributed by atoms with van der Waals surface area (Å²) in [6, 6.07) is 5.81. The van der Waals surface area contributed by atoms with Crippen molar-refractivity contribution in [3.05, 3.63) is 23.8 Å². The average molecular weight is 237 g/mol. The molecule has 0 unspecified atom stereocenters. The number of methoxy groups -OCH3 is 2. The van der Waals surface area contributed by atoms with Crippen LogP contribution >= 0.6 is 0 Å². The molecule has 94 valence electrons. The highest BCUT2D eigenvalue weighted by Gasteiger charge is 2.04. The first kappa shape index (κ1) is 13.2. The minimum atomic E-state index is 0.674. The zero-order valence-corrected chi connectivity index (χ0v) is 10.7. The third-order valence-electron chi connectivity index (χ3n) is 2.37. The van der Waals surface area contributed by atoms with Gasteiger partial charge in [-0.3, -0.25) is 4.99 Å². The van der Waals surface area contributed by atoms with Gasteiger partial charge in [-0.1, -0.05) is 6.07 Å². The Hall–Kier alpha value is -1.91. The van der Waals surface area contributed by atoms with Crippen LogP contribution in [0.1, 0.15) is 5.56 Å². The molecular weight excluding hydrogens is 218 g/mol. The number of nitrogens with one attached hydrogen (secondary N) is 2. The summed E-state index contributed by atoms with van der Waals surface area (Å²) in [5, 5.41) is 6.12. The number of guanidine groups is 1. The predicted octanol–water partition coefficient (Wildman–Crippen LogP) is 0.999. The lowest BCUT2D eigenvalue weighted by Crippen LogP contribution is -2.34. The maximum absolute atomic E-state index is 5.24. The Kier molecular flexibility index (Phi) is 5.13. The molecule has 5 heteroatoms. The fourth-order valence-corrected chi connectivity index (χ4v) is 1.46. The van der Waals surface area contributed by atoms with Gasteiger partial charge >= 0.3 is 0 Å². The predicted molar refractivity (Wildman–Crippen MR) is 68.8 cm³/mol. The molecule has 0 saturated carbocycles. The molecule has 0 radical (unpaired) electrons. The molecule has 17 heavy (non-hydrogen) atoms. The van der Waals surface area contributed by atoms with E-state index in [-0.39, 0.29) is 0 Å². The number of hydrogen-bond donors (Lipinski definition) is 2. The van der Waals surface area contributed by atoms with Gasteiger partial charge in [-0.05, 0) is 17.7 Å². The van der Waals surface area contributed by atoms with Crippen LogP contribution in [0.4, 0.5) is 0 Å². The first-order valence-electron chi connectivity index (χ1n) is 5.34. The number of ether oxygens (including phenoxy) is 2. The fourth-order valence-electron chi connectivity index (χ4n) is 1.46. The van der Waals surface area contributed by atoms with Crippen LogP contribution in [0.3, 0.4) is 0 Å². The van der Waals surface area contributed by atoms with E-state index in [2.05, 4.69) is 15.6 Å². The molecule has 1 rings (SSSR count). The maximum atomic E-state index is 5.24. The summed E-state index contributed by atoms with van der Waals surface area (Å²) in [5.41, 5.74) is 1.10. The van der Waals surface area contributed by atoms with E-state index in [0.717, 1.165) is 23.0 Å². The van der Waals surface area contributed by atoms with Crippen LogP contribution in [0.25, 0.3) is 0 Å². The van der Waals surface area contributed by atoms with Crippen LogP contribution in [-0.2, 0) is 6.54 Å². The van der Waals surface area contributed by atoms with Crippen molar-refractivity contribution in [2.24, 2.45) is 4.99 Å². The van der Waals surface area contributed by atoms with Gasteiger partial charge in [0.15, 0.2) is 17.5 Å². The van der Waals surface area contributed by atoms with Gasteiger partial charge in [-0.15, -0.1) is 0 Å². The quantitative estimate of drug-likeness (QED) is 0.606. The first-order chi connectivity index (χ1) is 8.24. The van der Waals surface area contributed by atoms with Gasteiger partial charge in [0.1, 0.15) is 0 Å². The molecule has 0 heterocycles. The zero-order valence-electron chi connectivity index (χ0n) is 10.7. The Morgan fingerprint density at radius 2 is 1.94 bits per heavy atom. The average Bonchev–Trinajstić information content (AvgIpc) is 2.39. The summed E-state index contributed by atoms with van der Waals surface area (Å²) < 4.78 is 10.4. The Labute approximate surface area is 102 Å². The summed E-state index contributed by atoms with van der Waals surface area (Å²) in [7, 11) is 6.80. The molecule has 0 aliphatic heterocycles. The lowest BCUT2D eigenvalue weighted by Gasteiger charge is -2.11. The van der Waals surface area contributed by atoms with Gasteiger partial charge < -0.3 is 20.1 Å². The highest BCUT2D eigenvalue weighted by molar-refractivity contribution is 5.79. The molecule has 0 aliphatic carbocycles. The van der Waals surface area contributed by atoms with Crippen LogP contribution < -0.4 is 20.1 Å². The third kappa shape index (κ3) is 3.55. The molecule has 0 atom stereocenters. The van der Waals surface area contributed by atoms with E-state index in [1.165, 1.54) is 0 Å². The maximum Gasteiger partial charge on any atom is 0.190 e. The monoisotopic (exact) mass is 237 g/mol. The lowest BCUT2D eigenvalue weighted by molar-refractivity contribution is 0.354. The van der Waals surface area contributed by atoms with Crippen molar-refractivity contribution in [3.63, 3.8) is 0 Å². The molecule has 2 N–H and O–H groups in total. The van der Waals surface area contributed by atoms with Crippen molar-refractivity contribution < 1.29 is 9.47 Å². The number of nitrogens with zero attached hydrogens (tertiary/aromatic N) is 1. The molecule has 0 fully saturated rings. The molecule has 1 aromatic rings. The summed E-state index contributed by atoms with van der Waals surface area (Å²) in [5.74, 6) is 2.21. The molecule has 0 aliphatic rings. The van der Waals surface area contributed by atoms with Crippen LogP contribution in [0.15, 0.2) is 23.2 Å². The van der Waals surface area contributed by atoms with Crippen molar-refractivity contribution in [2.75, 3.05) is 28.3 Å². The van der Waals surface area contributed by atoms with Crippen molar-refractivity contribution >= 4 is 5.96 Å². The number of hydrogen-bond acceptors (Lipinski definition) is 3. The van der Waals surface area contributed by atoms with E-state index in [1.807, 2.05) is 25.2 Å². The molecule has 1 aromatic carbocycles. The van der Waals surface area contributed by atoms with E-state index >= 15 is 0 Å². The highest BCUT2D eigenvalue weighted by Crippen LogP contribution is 2.27. The van der Waals surface area contributed by atoms with Crippen LogP contribution in [0, 0.1) is 0 Å². The largest absolute Gasteiger partial charge is 0.493 e. The molecule has 0 aromatic heterocycles. The first-order valence-corrected chi connectivity index (χ1v) is 5.34. The SMILES string of the molecule is CN=C(NC)NCc1ccc(OC)c(OC)c1. The fraction of sp³-hybridized carbons (Fsp3) is 0.417. The number of aliphatic imine (C=N–C) groups is 1. The van der Waals surface area contributed by atoms with Crippen molar-refractivity contribution in [1.82, 2.24) is 10.6 Å². The minimum Gasteiger partial charge on any atom is -0.493 e. The Morgan fingerprint density at radius 1 is 1.24 bits per heavy atom. The topological polar surface area (TPSA) is 54.9 Å². The van der Waals surface area contributed by atoms with Crippen molar-refractivity contribution in [3.8, 4) is 11.5 Å².